The number of H-pyrrole nitrogens is 2. The molecule has 0 saturated carbocycles. The van der Waals surface area contributed by atoms with Gasteiger partial charge < -0.3 is 0 Å². The molecule has 2 N–H and O–H groups in total. The quantitative estimate of drug-likeness (QED) is 0.483. The zero-order chi connectivity index (χ0) is 7.56. The Balaban J connectivity index is 3.46. The van der Waals surface area contributed by atoms with E-state index < -0.39 is 17.3 Å². The average molecular weight is 142 g/mol. The van der Waals surface area contributed by atoms with Gasteiger partial charge in [0.25, 0.3) is 5.95 Å². The molecule has 1 aromatic heterocycles. The molecule has 1 aromatic rings. The van der Waals surface area contributed by atoms with Crippen molar-refractivity contribution in [1.29, 1.82) is 0 Å². The minimum atomic E-state index is -0.890. The van der Waals surface area contributed by atoms with Gasteiger partial charge in [0.05, 0.1) is 0 Å². The molecule has 0 radical (unpaired) electrons. The van der Waals surface area contributed by atoms with Crippen molar-refractivity contribution in [2.45, 2.75) is 0 Å². The third-order valence-electron chi connectivity index (χ3n) is 0.740. The number of rotatable bonds is 1. The Kier molecular flexibility index (Phi) is 1.40. The molecule has 0 unspecified atom stereocenters. The highest BCUT2D eigenvalue weighted by Crippen LogP contribution is 1.89. The second-order valence-electron chi connectivity index (χ2n) is 1.41. The number of nitrogens with one attached hydrogen (secondary N) is 2. The largest absolute Gasteiger partial charge is 0.352 e. The average Bonchev–Trinajstić information content (AvgIpc) is 1.85. The van der Waals surface area contributed by atoms with Crippen LogP contribution in [0.1, 0.15) is 0 Å². The van der Waals surface area contributed by atoms with Gasteiger partial charge in [-0.05, 0) is 0 Å². The summed E-state index contributed by atoms with van der Waals surface area (Å²) in [7, 11) is 0. The Bertz CT molecular complexity index is 321. The monoisotopic (exact) mass is 142 g/mol. The molecule has 7 heteroatoms. The molecule has 0 aliphatic rings. The van der Waals surface area contributed by atoms with Gasteiger partial charge >= 0.3 is 11.4 Å². The van der Waals surface area contributed by atoms with Crippen LogP contribution >= 0.6 is 0 Å². The summed E-state index contributed by atoms with van der Waals surface area (Å²) >= 11 is 0. The van der Waals surface area contributed by atoms with E-state index in [4.69, 9.17) is 0 Å². The van der Waals surface area contributed by atoms with E-state index in [-0.39, 0.29) is 0 Å². The van der Waals surface area contributed by atoms with Gasteiger partial charge in [-0.15, -0.1) is 4.91 Å². The van der Waals surface area contributed by atoms with E-state index >= 15 is 0 Å². The molecule has 0 amide bonds. The standard InChI is InChI=1S/C3H2N4O3/c8-2-4-1(7-10)5-3(9)6-2/h(H2,4,5,6,8,9). The first kappa shape index (κ1) is 6.33. The van der Waals surface area contributed by atoms with Gasteiger partial charge in [0, 0.05) is 5.18 Å². The van der Waals surface area contributed by atoms with Gasteiger partial charge in [0.1, 0.15) is 0 Å². The molecule has 1 heterocycles. The Morgan fingerprint density at radius 3 is 2.50 bits per heavy atom. The number of nitroso groups, excluding NO2 is 1. The van der Waals surface area contributed by atoms with Gasteiger partial charge in [0.2, 0.25) is 0 Å². The molecule has 7 nitrogen and oxygen atoms in total. The maximum absolute atomic E-state index is 10.3. The second kappa shape index (κ2) is 2.21. The zero-order valence-corrected chi connectivity index (χ0v) is 4.62. The van der Waals surface area contributed by atoms with Crippen molar-refractivity contribution >= 4 is 5.95 Å². The van der Waals surface area contributed by atoms with Crippen LogP contribution in [-0.4, -0.2) is 15.0 Å². The Hall–Kier alpha value is -1.79. The van der Waals surface area contributed by atoms with Crippen LogP contribution in [0.4, 0.5) is 5.95 Å². The minimum absolute atomic E-state index is 0.520. The predicted octanol–water partition coefficient (Wildman–Crippen LogP) is -1.14. The molecule has 52 valence electrons. The lowest BCUT2D eigenvalue weighted by Crippen LogP contribution is -2.23. The summed E-state index contributed by atoms with van der Waals surface area (Å²) in [5, 5.41) is 2.26. The Morgan fingerprint density at radius 2 is 2.00 bits per heavy atom. The van der Waals surface area contributed by atoms with Crippen LogP contribution in [0.5, 0.6) is 0 Å². The lowest BCUT2D eigenvalue weighted by molar-refractivity contribution is 0.928. The van der Waals surface area contributed by atoms with E-state index in [9.17, 15) is 14.5 Å². The highest BCUT2D eigenvalue weighted by atomic mass is 16.3. The molecular weight excluding hydrogens is 140 g/mol. The van der Waals surface area contributed by atoms with E-state index in [1.807, 2.05) is 4.98 Å². The van der Waals surface area contributed by atoms with Crippen LogP contribution in [0.2, 0.25) is 0 Å². The Morgan fingerprint density at radius 1 is 1.30 bits per heavy atom. The summed E-state index contributed by atoms with van der Waals surface area (Å²) in [5.74, 6) is -0.520. The highest BCUT2D eigenvalue weighted by Gasteiger charge is 1.94. The summed E-state index contributed by atoms with van der Waals surface area (Å²) in [6.45, 7) is 0. The van der Waals surface area contributed by atoms with Crippen LogP contribution in [0.15, 0.2) is 14.8 Å². The summed E-state index contributed by atoms with van der Waals surface area (Å²) < 4.78 is 0. The highest BCUT2D eigenvalue weighted by molar-refractivity contribution is 5.07. The Labute approximate surface area is 53.1 Å². The number of hydrogen-bond donors (Lipinski definition) is 2. The molecule has 0 atom stereocenters. The molecule has 0 saturated heterocycles. The maximum Gasteiger partial charge on any atom is 0.352 e. The topological polar surface area (TPSA) is 108 Å². The van der Waals surface area contributed by atoms with Crippen LogP contribution in [-0.2, 0) is 0 Å². The summed E-state index contributed by atoms with van der Waals surface area (Å²) in [5.41, 5.74) is -1.69. The fourth-order valence-corrected chi connectivity index (χ4v) is 0.425. The molecule has 0 aliphatic heterocycles. The van der Waals surface area contributed by atoms with Gasteiger partial charge in [-0.25, -0.2) is 9.59 Å². The van der Waals surface area contributed by atoms with Crippen molar-refractivity contribution < 1.29 is 0 Å². The molecule has 0 bridgehead atoms. The van der Waals surface area contributed by atoms with Crippen molar-refractivity contribution in [3.05, 3.63) is 25.9 Å². The third-order valence-corrected chi connectivity index (χ3v) is 0.740. The zero-order valence-electron chi connectivity index (χ0n) is 4.62. The predicted molar refractivity (Wildman–Crippen MR) is 30.9 cm³/mol. The smallest absolute Gasteiger partial charge is 0.273 e. The summed E-state index contributed by atoms with van der Waals surface area (Å²) in [6, 6.07) is 0. The molecule has 0 fully saturated rings. The normalized spacial score (nSPS) is 9.20. The minimum Gasteiger partial charge on any atom is -0.273 e. The van der Waals surface area contributed by atoms with Gasteiger partial charge in [0.15, 0.2) is 0 Å². The fraction of sp³-hybridized carbons (Fsp3) is 0. The lowest BCUT2D eigenvalue weighted by Gasteiger charge is -1.82. The number of nitrogens with zero attached hydrogens (tertiary/aromatic N) is 2. The second-order valence-corrected chi connectivity index (χ2v) is 1.41. The fourth-order valence-electron chi connectivity index (χ4n) is 0.425. The van der Waals surface area contributed by atoms with E-state index in [2.05, 4.69) is 10.2 Å². The van der Waals surface area contributed by atoms with E-state index in [0.717, 1.165) is 0 Å². The van der Waals surface area contributed by atoms with Crippen LogP contribution in [0.3, 0.4) is 0 Å². The maximum atomic E-state index is 10.3. The lowest BCUT2D eigenvalue weighted by atomic mass is 10.9. The SMILES string of the molecule is O=Nc1nc(=O)[nH]c(=O)[nH]1. The number of hydrogen-bond acceptors (Lipinski definition) is 5. The van der Waals surface area contributed by atoms with Crippen LogP contribution in [0, 0.1) is 4.91 Å². The molecule has 10 heavy (non-hydrogen) atoms. The van der Waals surface area contributed by atoms with Crippen molar-refractivity contribution in [1.82, 2.24) is 15.0 Å². The van der Waals surface area contributed by atoms with Gasteiger partial charge in [-0.2, -0.15) is 4.98 Å². The number of aromatic nitrogens is 3. The molecule has 0 aromatic carbocycles. The van der Waals surface area contributed by atoms with E-state index in [1.54, 1.807) is 4.98 Å². The number of aromatic amines is 2. The van der Waals surface area contributed by atoms with Crippen molar-refractivity contribution in [2.24, 2.45) is 5.18 Å². The van der Waals surface area contributed by atoms with Gasteiger partial charge in [-0.3, -0.25) is 9.97 Å². The van der Waals surface area contributed by atoms with Crippen molar-refractivity contribution in [2.75, 3.05) is 0 Å². The molecular formula is C3H2N4O3. The van der Waals surface area contributed by atoms with E-state index in [1.165, 1.54) is 0 Å². The third kappa shape index (κ3) is 1.13. The van der Waals surface area contributed by atoms with Crippen molar-refractivity contribution in [3.8, 4) is 0 Å². The first-order chi connectivity index (χ1) is 4.72. The summed E-state index contributed by atoms with van der Waals surface area (Å²) in [4.78, 5) is 37.0. The van der Waals surface area contributed by atoms with Crippen LogP contribution < -0.4 is 11.4 Å². The first-order valence-electron chi connectivity index (χ1n) is 2.26. The molecule has 0 spiro atoms. The molecule has 0 aliphatic carbocycles. The molecule has 1 rings (SSSR count). The van der Waals surface area contributed by atoms with Crippen LogP contribution in [0.25, 0.3) is 0 Å². The first-order valence-corrected chi connectivity index (χ1v) is 2.26. The van der Waals surface area contributed by atoms with E-state index in [0.29, 0.717) is 0 Å². The van der Waals surface area contributed by atoms with Gasteiger partial charge in [-0.1, -0.05) is 0 Å². The summed E-state index contributed by atoms with van der Waals surface area (Å²) in [6.07, 6.45) is 0. The van der Waals surface area contributed by atoms with Crippen molar-refractivity contribution in [3.63, 3.8) is 0 Å².